The fraction of sp³-hybridized carbons (Fsp3) is 0.779. The zero-order valence-electron chi connectivity index (χ0n) is 55.2. The smallest absolute Gasteiger partial charge is 0.306 e. The predicted octanol–water partition coefficient (Wildman–Crippen LogP) is 25.0. The lowest BCUT2D eigenvalue weighted by atomic mass is 10.0. The van der Waals surface area contributed by atoms with Gasteiger partial charge in [-0.25, -0.2) is 0 Å². The van der Waals surface area contributed by atoms with Gasteiger partial charge >= 0.3 is 17.9 Å². The highest BCUT2D eigenvalue weighted by atomic mass is 16.6. The summed E-state index contributed by atoms with van der Waals surface area (Å²) in [5.41, 5.74) is 0. The van der Waals surface area contributed by atoms with Crippen LogP contribution in [-0.2, 0) is 28.6 Å². The SMILES string of the molecule is CC/C=C\C/C=C\C/C=C\C/C=C\CCCCCCCCCCCCCCCCC(=O)OCC(COC(=O)CCCCC/C=C\C/C=C\C/C=C\CC)OC(=O)CCCCCCCCCCCCCCCCCCCCCCCCCCC. The summed E-state index contributed by atoms with van der Waals surface area (Å²) in [6.07, 6.45) is 94.9. The molecule has 0 aromatic rings. The number of carbonyl (C=O) groups is 3. The molecular weight excluding hydrogens is 1020 g/mol. The summed E-state index contributed by atoms with van der Waals surface area (Å²) in [5, 5.41) is 0. The molecule has 6 heteroatoms. The standard InChI is InChI=1S/C77H136O6/c1-4-7-10-13-16-19-22-25-27-29-31-33-35-37-38-40-41-43-45-47-49-52-55-58-61-64-67-70-76(79)82-73-74(72-81-75(78)69-66-63-60-57-54-51-24-21-18-15-12-9-6-3)83-77(80)71-68-65-62-59-56-53-50-48-46-44-42-39-36-34-32-30-28-26-23-20-17-14-11-8-5-2/h7,9-10,12,16,18-19,21,25,27,31,33,51,54,74H,4-6,8,11,13-15,17,20,22-24,26,28-30,32,34-50,52-53,55-73H2,1-3H3/b10-7-,12-9-,19-16-,21-18-,27-25-,33-31-,54-51-. The van der Waals surface area contributed by atoms with Crippen molar-refractivity contribution in [2.24, 2.45) is 0 Å². The van der Waals surface area contributed by atoms with Crippen molar-refractivity contribution < 1.29 is 28.6 Å². The Balaban J connectivity index is 4.24. The first-order valence-corrected chi connectivity index (χ1v) is 36.1. The summed E-state index contributed by atoms with van der Waals surface area (Å²) in [4.78, 5) is 38.4. The normalized spacial score (nSPS) is 12.6. The van der Waals surface area contributed by atoms with Crippen LogP contribution in [0.5, 0.6) is 0 Å². The van der Waals surface area contributed by atoms with Crippen LogP contribution in [0.3, 0.4) is 0 Å². The third-order valence-corrected chi connectivity index (χ3v) is 15.9. The van der Waals surface area contributed by atoms with Crippen molar-refractivity contribution >= 4 is 17.9 Å². The van der Waals surface area contributed by atoms with Crippen LogP contribution in [0, 0.1) is 0 Å². The molecule has 83 heavy (non-hydrogen) atoms. The van der Waals surface area contributed by atoms with Gasteiger partial charge in [0.25, 0.3) is 0 Å². The molecule has 1 unspecified atom stereocenters. The maximum atomic E-state index is 13.0. The van der Waals surface area contributed by atoms with Crippen molar-refractivity contribution in [2.45, 2.75) is 374 Å². The van der Waals surface area contributed by atoms with Gasteiger partial charge in [0, 0.05) is 19.3 Å². The average Bonchev–Trinajstić information content (AvgIpc) is 3.49. The van der Waals surface area contributed by atoms with Gasteiger partial charge in [0.2, 0.25) is 0 Å². The van der Waals surface area contributed by atoms with Gasteiger partial charge in [-0.1, -0.05) is 343 Å². The third kappa shape index (κ3) is 69.3. The number of hydrogen-bond donors (Lipinski definition) is 0. The molecule has 6 nitrogen and oxygen atoms in total. The molecule has 0 bridgehead atoms. The zero-order valence-corrected chi connectivity index (χ0v) is 55.2. The second kappa shape index (κ2) is 71.1. The van der Waals surface area contributed by atoms with E-state index in [1.54, 1.807) is 0 Å². The lowest BCUT2D eigenvalue weighted by Crippen LogP contribution is -2.30. The monoisotopic (exact) mass is 1160 g/mol. The van der Waals surface area contributed by atoms with Crippen LogP contribution in [0.25, 0.3) is 0 Å². The number of unbranched alkanes of at least 4 members (excludes halogenated alkanes) is 41. The maximum Gasteiger partial charge on any atom is 0.306 e. The van der Waals surface area contributed by atoms with Crippen LogP contribution in [0.2, 0.25) is 0 Å². The van der Waals surface area contributed by atoms with Crippen LogP contribution < -0.4 is 0 Å². The molecule has 0 N–H and O–H groups in total. The molecule has 0 aliphatic rings. The number of hydrogen-bond acceptors (Lipinski definition) is 6. The molecule has 0 spiro atoms. The summed E-state index contributed by atoms with van der Waals surface area (Å²) in [5.74, 6) is -0.892. The largest absolute Gasteiger partial charge is 0.462 e. The number of allylic oxidation sites excluding steroid dienone is 14. The summed E-state index contributed by atoms with van der Waals surface area (Å²) in [6.45, 7) is 6.45. The fourth-order valence-corrected chi connectivity index (χ4v) is 10.6. The average molecular weight is 1160 g/mol. The summed E-state index contributed by atoms with van der Waals surface area (Å²) in [7, 11) is 0. The zero-order chi connectivity index (χ0) is 59.9. The molecule has 0 saturated carbocycles. The van der Waals surface area contributed by atoms with E-state index in [2.05, 4.69) is 106 Å². The Morgan fingerprint density at radius 2 is 0.470 bits per heavy atom. The summed E-state index contributed by atoms with van der Waals surface area (Å²) >= 11 is 0. The maximum absolute atomic E-state index is 13.0. The van der Waals surface area contributed by atoms with Gasteiger partial charge in [-0.15, -0.1) is 0 Å². The first-order valence-electron chi connectivity index (χ1n) is 36.1. The first-order chi connectivity index (χ1) is 41.0. The van der Waals surface area contributed by atoms with Crippen molar-refractivity contribution in [1.82, 2.24) is 0 Å². The predicted molar refractivity (Wildman–Crippen MR) is 362 cm³/mol. The topological polar surface area (TPSA) is 78.9 Å². The van der Waals surface area contributed by atoms with Gasteiger partial charge in [0.05, 0.1) is 0 Å². The van der Waals surface area contributed by atoms with Gasteiger partial charge in [-0.3, -0.25) is 14.4 Å². The Morgan fingerprint density at radius 3 is 0.747 bits per heavy atom. The molecular formula is C77H136O6. The lowest BCUT2D eigenvalue weighted by molar-refractivity contribution is -0.167. The van der Waals surface area contributed by atoms with Crippen molar-refractivity contribution in [1.29, 1.82) is 0 Å². The van der Waals surface area contributed by atoms with Crippen LogP contribution in [0.15, 0.2) is 85.1 Å². The van der Waals surface area contributed by atoms with E-state index in [1.165, 1.54) is 218 Å². The molecule has 0 aliphatic carbocycles. The van der Waals surface area contributed by atoms with E-state index in [4.69, 9.17) is 14.2 Å². The van der Waals surface area contributed by atoms with Crippen LogP contribution >= 0.6 is 0 Å². The summed E-state index contributed by atoms with van der Waals surface area (Å²) in [6, 6.07) is 0. The number of carbonyl (C=O) groups excluding carboxylic acids is 3. The third-order valence-electron chi connectivity index (χ3n) is 15.9. The molecule has 0 amide bonds. The second-order valence-electron chi connectivity index (χ2n) is 24.1. The Labute approximate surface area is 515 Å². The fourth-order valence-electron chi connectivity index (χ4n) is 10.6. The molecule has 0 fully saturated rings. The number of esters is 3. The van der Waals surface area contributed by atoms with Crippen molar-refractivity contribution in [3.05, 3.63) is 85.1 Å². The Bertz CT molecular complexity index is 1570. The molecule has 0 aromatic heterocycles. The van der Waals surface area contributed by atoms with Crippen molar-refractivity contribution in [3.63, 3.8) is 0 Å². The Morgan fingerprint density at radius 1 is 0.253 bits per heavy atom. The molecule has 0 saturated heterocycles. The first kappa shape index (κ1) is 79.6. The van der Waals surface area contributed by atoms with Gasteiger partial charge in [0.15, 0.2) is 6.10 Å². The highest BCUT2D eigenvalue weighted by molar-refractivity contribution is 5.71. The van der Waals surface area contributed by atoms with Crippen LogP contribution in [0.1, 0.15) is 367 Å². The molecule has 0 radical (unpaired) electrons. The highest BCUT2D eigenvalue weighted by Gasteiger charge is 2.19. The minimum absolute atomic E-state index is 0.0824. The van der Waals surface area contributed by atoms with Gasteiger partial charge in [0.1, 0.15) is 13.2 Å². The van der Waals surface area contributed by atoms with E-state index in [9.17, 15) is 14.4 Å². The van der Waals surface area contributed by atoms with E-state index in [-0.39, 0.29) is 31.1 Å². The quantitative estimate of drug-likeness (QED) is 0.0261. The molecule has 1 atom stereocenters. The van der Waals surface area contributed by atoms with Gasteiger partial charge in [-0.2, -0.15) is 0 Å². The summed E-state index contributed by atoms with van der Waals surface area (Å²) < 4.78 is 17.0. The van der Waals surface area contributed by atoms with Crippen LogP contribution in [-0.4, -0.2) is 37.2 Å². The van der Waals surface area contributed by atoms with E-state index < -0.39 is 6.10 Å². The number of rotatable bonds is 66. The van der Waals surface area contributed by atoms with Crippen molar-refractivity contribution in [3.8, 4) is 0 Å². The molecule has 0 aromatic carbocycles. The second-order valence-corrected chi connectivity index (χ2v) is 24.1. The van der Waals surface area contributed by atoms with E-state index >= 15 is 0 Å². The highest BCUT2D eigenvalue weighted by Crippen LogP contribution is 2.18. The molecule has 0 rings (SSSR count). The van der Waals surface area contributed by atoms with Crippen molar-refractivity contribution in [2.75, 3.05) is 13.2 Å². The molecule has 0 aliphatic heterocycles. The Kier molecular flexibility index (Phi) is 68.2. The minimum atomic E-state index is -0.788. The van der Waals surface area contributed by atoms with E-state index in [1.807, 2.05) is 0 Å². The van der Waals surface area contributed by atoms with E-state index in [0.717, 1.165) is 109 Å². The lowest BCUT2D eigenvalue weighted by Gasteiger charge is -2.18. The van der Waals surface area contributed by atoms with Gasteiger partial charge < -0.3 is 14.2 Å². The Hall–Kier alpha value is -3.41. The minimum Gasteiger partial charge on any atom is -0.462 e. The van der Waals surface area contributed by atoms with E-state index in [0.29, 0.717) is 19.3 Å². The number of ether oxygens (including phenoxy) is 3. The molecule has 0 heterocycles. The molecule has 480 valence electrons. The van der Waals surface area contributed by atoms with Gasteiger partial charge in [-0.05, 0) is 89.9 Å². The van der Waals surface area contributed by atoms with Crippen LogP contribution in [0.4, 0.5) is 0 Å².